The molecule has 0 unspecified atom stereocenters. The highest BCUT2D eigenvalue weighted by atomic mass is 35.5. The minimum atomic E-state index is -0.980. The molecule has 0 aliphatic carbocycles. The van der Waals surface area contributed by atoms with Crippen LogP contribution >= 0.6 is 23.2 Å². The van der Waals surface area contributed by atoms with Gasteiger partial charge in [0.1, 0.15) is 11.8 Å². The van der Waals surface area contributed by atoms with E-state index >= 15 is 0 Å². The van der Waals surface area contributed by atoms with Crippen molar-refractivity contribution in [2.45, 2.75) is 12.8 Å². The SMILES string of the molecule is O=C(O)CCl.O=C(O)CCl.OCCCCO. The molecule has 0 aliphatic rings. The van der Waals surface area contributed by atoms with Crippen LogP contribution in [0, 0.1) is 0 Å². The highest BCUT2D eigenvalue weighted by Crippen LogP contribution is 1.80. The van der Waals surface area contributed by atoms with E-state index in [-0.39, 0.29) is 25.0 Å². The third-order valence-corrected chi connectivity index (χ3v) is 1.25. The molecular formula is C8H16Cl2O6. The van der Waals surface area contributed by atoms with E-state index in [1.165, 1.54) is 0 Å². The normalized spacial score (nSPS) is 8.00. The van der Waals surface area contributed by atoms with E-state index in [1.54, 1.807) is 0 Å². The number of hydrogen-bond acceptors (Lipinski definition) is 4. The summed E-state index contributed by atoms with van der Waals surface area (Å²) in [6.07, 6.45) is 1.44. The number of carboxylic acids is 2. The molecule has 4 N–H and O–H groups in total. The summed E-state index contributed by atoms with van der Waals surface area (Å²) in [7, 11) is 0. The second-order valence-electron chi connectivity index (χ2n) is 2.21. The van der Waals surface area contributed by atoms with Gasteiger partial charge in [0, 0.05) is 13.2 Å². The predicted molar refractivity (Wildman–Crippen MR) is 60.1 cm³/mol. The molecule has 0 amide bonds. The van der Waals surface area contributed by atoms with Gasteiger partial charge in [-0.15, -0.1) is 23.2 Å². The Morgan fingerprint density at radius 2 is 1.00 bits per heavy atom. The largest absolute Gasteiger partial charge is 0.480 e. The van der Waals surface area contributed by atoms with Crippen LogP contribution in [0.3, 0.4) is 0 Å². The molecule has 0 atom stereocenters. The molecule has 0 fully saturated rings. The van der Waals surface area contributed by atoms with Crippen molar-refractivity contribution in [3.05, 3.63) is 0 Å². The lowest BCUT2D eigenvalue weighted by Gasteiger charge is -1.85. The van der Waals surface area contributed by atoms with Gasteiger partial charge < -0.3 is 20.4 Å². The number of hydrogen-bond donors (Lipinski definition) is 4. The monoisotopic (exact) mass is 278 g/mol. The molecule has 0 rings (SSSR count). The van der Waals surface area contributed by atoms with Crippen molar-refractivity contribution in [1.82, 2.24) is 0 Å². The zero-order valence-electron chi connectivity index (χ0n) is 8.60. The summed E-state index contributed by atoms with van der Waals surface area (Å²) < 4.78 is 0. The molecule has 0 heterocycles. The number of rotatable bonds is 5. The maximum atomic E-state index is 9.24. The number of carbonyl (C=O) groups is 2. The number of aliphatic hydroxyl groups excluding tert-OH is 2. The first kappa shape index (κ1) is 20.8. The molecule has 16 heavy (non-hydrogen) atoms. The molecule has 0 radical (unpaired) electrons. The quantitative estimate of drug-likeness (QED) is 0.427. The maximum Gasteiger partial charge on any atom is 0.318 e. The first-order chi connectivity index (χ1) is 7.45. The van der Waals surface area contributed by atoms with Crippen LogP contribution in [0.15, 0.2) is 0 Å². The van der Waals surface area contributed by atoms with E-state index in [2.05, 4.69) is 0 Å². The number of halogens is 2. The molecule has 0 aromatic carbocycles. The highest BCUT2D eigenvalue weighted by molar-refractivity contribution is 6.26. The maximum absolute atomic E-state index is 9.24. The van der Waals surface area contributed by atoms with Crippen molar-refractivity contribution in [2.75, 3.05) is 25.0 Å². The van der Waals surface area contributed by atoms with Crippen LogP contribution in [0.4, 0.5) is 0 Å². The lowest BCUT2D eigenvalue weighted by Crippen LogP contribution is -1.92. The van der Waals surface area contributed by atoms with E-state index in [4.69, 9.17) is 43.6 Å². The summed E-state index contributed by atoms with van der Waals surface area (Å²) in [6, 6.07) is 0. The van der Waals surface area contributed by atoms with Crippen LogP contribution in [-0.2, 0) is 9.59 Å². The first-order valence-corrected chi connectivity index (χ1v) is 5.30. The van der Waals surface area contributed by atoms with Crippen LogP contribution in [0.5, 0.6) is 0 Å². The molecule has 0 saturated carbocycles. The summed E-state index contributed by atoms with van der Waals surface area (Å²) in [5.74, 6) is -2.57. The topological polar surface area (TPSA) is 115 Å². The average Bonchev–Trinajstić information content (AvgIpc) is 2.27. The highest BCUT2D eigenvalue weighted by Gasteiger charge is 1.84. The van der Waals surface area contributed by atoms with Gasteiger partial charge in [0.05, 0.1) is 0 Å². The Labute approximate surface area is 103 Å². The fourth-order valence-corrected chi connectivity index (χ4v) is 0.224. The number of alkyl halides is 2. The van der Waals surface area contributed by atoms with Gasteiger partial charge in [0.2, 0.25) is 0 Å². The predicted octanol–water partition coefficient (Wildman–Crippen LogP) is 0.371. The van der Waals surface area contributed by atoms with Crippen molar-refractivity contribution in [3.8, 4) is 0 Å². The molecule has 0 aromatic heterocycles. The van der Waals surface area contributed by atoms with Gasteiger partial charge in [0.15, 0.2) is 0 Å². The second kappa shape index (κ2) is 19.9. The first-order valence-electron chi connectivity index (χ1n) is 4.23. The van der Waals surface area contributed by atoms with Crippen LogP contribution in [-0.4, -0.2) is 57.3 Å². The van der Waals surface area contributed by atoms with E-state index in [1.807, 2.05) is 0 Å². The Balaban J connectivity index is -0.000000160. The molecule has 0 aliphatic heterocycles. The summed E-state index contributed by atoms with van der Waals surface area (Å²) in [5, 5.41) is 31.4. The van der Waals surface area contributed by atoms with Gasteiger partial charge in [-0.1, -0.05) is 0 Å². The molecule has 0 aromatic rings. The number of aliphatic hydroxyl groups is 2. The second-order valence-corrected chi connectivity index (χ2v) is 2.74. The van der Waals surface area contributed by atoms with Crippen LogP contribution in [0.25, 0.3) is 0 Å². The molecule has 6 nitrogen and oxygen atoms in total. The van der Waals surface area contributed by atoms with Gasteiger partial charge in [-0.2, -0.15) is 0 Å². The Morgan fingerprint density at radius 3 is 1.06 bits per heavy atom. The minimum Gasteiger partial charge on any atom is -0.480 e. The average molecular weight is 279 g/mol. The van der Waals surface area contributed by atoms with E-state index in [0.29, 0.717) is 0 Å². The van der Waals surface area contributed by atoms with E-state index in [0.717, 1.165) is 12.8 Å². The van der Waals surface area contributed by atoms with Gasteiger partial charge in [0.25, 0.3) is 0 Å². The number of unbranched alkanes of at least 4 members (excludes halogenated alkanes) is 1. The molecule has 0 saturated heterocycles. The molecule has 8 heteroatoms. The van der Waals surface area contributed by atoms with Crippen molar-refractivity contribution >= 4 is 35.1 Å². The standard InChI is InChI=1S/C4H10O2.2C2H3ClO2/c5-3-1-2-4-6;2*3-1-2(4)5/h5-6H,1-4H2;2*1H2,(H,4,5). The van der Waals surface area contributed by atoms with Crippen LogP contribution in [0.1, 0.15) is 12.8 Å². The summed E-state index contributed by atoms with van der Waals surface area (Å²) in [4.78, 5) is 18.5. The third-order valence-electron chi connectivity index (χ3n) is 0.795. The Hall–Kier alpha value is -0.560. The van der Waals surface area contributed by atoms with Crippen molar-refractivity contribution in [3.63, 3.8) is 0 Å². The lowest BCUT2D eigenvalue weighted by molar-refractivity contribution is -0.135. The van der Waals surface area contributed by atoms with Gasteiger partial charge in [-0.3, -0.25) is 9.59 Å². The Morgan fingerprint density at radius 1 is 0.812 bits per heavy atom. The van der Waals surface area contributed by atoms with E-state index in [9.17, 15) is 9.59 Å². The molecule has 0 spiro atoms. The summed E-state index contributed by atoms with van der Waals surface area (Å²) in [5.41, 5.74) is 0. The zero-order valence-corrected chi connectivity index (χ0v) is 10.1. The number of carboxylic acid groups (broad SMARTS) is 2. The lowest BCUT2D eigenvalue weighted by atomic mass is 10.3. The van der Waals surface area contributed by atoms with E-state index < -0.39 is 11.9 Å². The number of aliphatic carboxylic acids is 2. The smallest absolute Gasteiger partial charge is 0.318 e. The summed E-state index contributed by atoms with van der Waals surface area (Å²) >= 11 is 9.47. The fraction of sp³-hybridized carbons (Fsp3) is 0.750. The zero-order chi connectivity index (χ0) is 13.4. The molecule has 98 valence electrons. The summed E-state index contributed by atoms with van der Waals surface area (Å²) in [6.45, 7) is 0.390. The van der Waals surface area contributed by atoms with Gasteiger partial charge in [-0.05, 0) is 12.8 Å². The van der Waals surface area contributed by atoms with Crippen LogP contribution < -0.4 is 0 Å². The Bertz CT molecular complexity index is 147. The Kier molecular flexibility index (Phi) is 25.9. The van der Waals surface area contributed by atoms with Crippen molar-refractivity contribution < 1.29 is 30.0 Å². The van der Waals surface area contributed by atoms with Crippen molar-refractivity contribution in [1.29, 1.82) is 0 Å². The molecule has 0 bridgehead atoms. The fourth-order valence-electron chi connectivity index (χ4n) is 0.224. The minimum absolute atomic E-state index is 0.195. The van der Waals surface area contributed by atoms with Crippen LogP contribution in [0.2, 0.25) is 0 Å². The molecular weight excluding hydrogens is 263 g/mol. The van der Waals surface area contributed by atoms with Crippen molar-refractivity contribution in [2.24, 2.45) is 0 Å². The van der Waals surface area contributed by atoms with Gasteiger partial charge in [-0.25, -0.2) is 0 Å². The third kappa shape index (κ3) is 50.1. The van der Waals surface area contributed by atoms with Gasteiger partial charge >= 0.3 is 11.9 Å².